The van der Waals surface area contributed by atoms with Crippen LogP contribution < -0.4 is 15.6 Å². The molecule has 2 heterocycles. The highest BCUT2D eigenvalue weighted by Crippen LogP contribution is 2.20. The van der Waals surface area contributed by atoms with Crippen LogP contribution in [0.2, 0.25) is 0 Å². The van der Waals surface area contributed by atoms with Gasteiger partial charge < -0.3 is 5.32 Å². The fraction of sp³-hybridized carbons (Fsp3) is 0.320. The summed E-state index contributed by atoms with van der Waals surface area (Å²) in [7, 11) is -3.92. The van der Waals surface area contributed by atoms with Crippen LogP contribution >= 0.6 is 0 Å². The molecule has 37 heavy (non-hydrogen) atoms. The van der Waals surface area contributed by atoms with Gasteiger partial charge in [0.15, 0.2) is 0 Å². The minimum Gasteiger partial charge on any atom is -0.353 e. The average molecular weight is 525 g/mol. The van der Waals surface area contributed by atoms with Crippen molar-refractivity contribution in [3.8, 4) is 0 Å². The summed E-state index contributed by atoms with van der Waals surface area (Å²) in [6, 6.07) is 11.7. The number of rotatable bonds is 10. The van der Waals surface area contributed by atoms with E-state index in [0.717, 1.165) is 12.8 Å². The second kappa shape index (κ2) is 10.5. The molecule has 0 aliphatic heterocycles. The number of amides is 2. The Balaban J connectivity index is 1.77. The molecule has 0 unspecified atom stereocenters. The highest BCUT2D eigenvalue weighted by molar-refractivity contribution is 7.91. The summed E-state index contributed by atoms with van der Waals surface area (Å²) in [6.07, 6.45) is 1.48. The van der Waals surface area contributed by atoms with Gasteiger partial charge in [0.05, 0.1) is 30.0 Å². The maximum Gasteiger partial charge on any atom is 0.294 e. The first-order valence-corrected chi connectivity index (χ1v) is 13.4. The van der Waals surface area contributed by atoms with Gasteiger partial charge in [0, 0.05) is 11.7 Å². The number of nitrogens with one attached hydrogen (secondary N) is 2. The predicted octanol–water partition coefficient (Wildman–Crippen LogP) is 1.51. The summed E-state index contributed by atoms with van der Waals surface area (Å²) in [4.78, 5) is 46.3. The zero-order chi connectivity index (χ0) is 26.7. The Morgan fingerprint density at radius 3 is 2.43 bits per heavy atom. The van der Waals surface area contributed by atoms with Crippen molar-refractivity contribution in [3.63, 3.8) is 0 Å². The Morgan fingerprint density at radius 2 is 1.78 bits per heavy atom. The number of anilines is 1. The summed E-state index contributed by atoms with van der Waals surface area (Å²) in [6.45, 7) is 6.59. The molecule has 11 nitrogen and oxygen atoms in total. The lowest BCUT2D eigenvalue weighted by atomic mass is 10.2. The lowest BCUT2D eigenvalue weighted by Gasteiger charge is -2.18. The number of aromatic nitrogens is 3. The van der Waals surface area contributed by atoms with Crippen molar-refractivity contribution >= 4 is 34.2 Å². The molecule has 2 aromatic heterocycles. The molecule has 3 aromatic rings. The van der Waals surface area contributed by atoms with Crippen molar-refractivity contribution in [2.75, 3.05) is 4.72 Å². The number of aryl methyl sites for hydroxylation is 2. The Bertz CT molecular complexity index is 1520. The van der Waals surface area contributed by atoms with Gasteiger partial charge in [0.25, 0.3) is 11.5 Å². The summed E-state index contributed by atoms with van der Waals surface area (Å²) >= 11 is 0. The second-order valence-electron chi connectivity index (χ2n) is 8.97. The number of sulfonamides is 1. The van der Waals surface area contributed by atoms with E-state index in [0.29, 0.717) is 22.6 Å². The van der Waals surface area contributed by atoms with E-state index < -0.39 is 21.5 Å². The predicted molar refractivity (Wildman–Crippen MR) is 139 cm³/mol. The molecular weight excluding hydrogens is 496 g/mol. The molecule has 1 aromatic carbocycles. The van der Waals surface area contributed by atoms with Gasteiger partial charge in [-0.05, 0) is 51.1 Å². The molecular formula is C25H28N6O5S. The molecule has 4 rings (SSSR count). The van der Waals surface area contributed by atoms with E-state index in [9.17, 15) is 22.8 Å². The standard InChI is InChI=1S/C25H28N6O5S/c1-16-9-12-20(29-37(35,36)15-18-7-5-4-6-8-18)25(34)30(16)31-21(13-23(32)26-3)17(2)27-22(31)14-24(33)28-19-10-11-19/h4-9,12,19,29H,3,10-11,13-15H2,1-2H3,(H,28,33). The van der Waals surface area contributed by atoms with Gasteiger partial charge in [-0.1, -0.05) is 30.3 Å². The molecule has 12 heteroatoms. The monoisotopic (exact) mass is 524 g/mol. The van der Waals surface area contributed by atoms with Gasteiger partial charge in [-0.25, -0.2) is 27.7 Å². The highest BCUT2D eigenvalue weighted by Gasteiger charge is 2.27. The number of carbonyl (C=O) groups is 2. The molecule has 0 bridgehead atoms. The molecule has 0 spiro atoms. The summed E-state index contributed by atoms with van der Waals surface area (Å²) in [5, 5.41) is 2.89. The second-order valence-corrected chi connectivity index (χ2v) is 10.7. The summed E-state index contributed by atoms with van der Waals surface area (Å²) in [5.74, 6) is -0.887. The smallest absolute Gasteiger partial charge is 0.294 e. The average Bonchev–Trinajstić information content (AvgIpc) is 3.60. The largest absolute Gasteiger partial charge is 0.353 e. The SMILES string of the molecule is C=NC(=O)Cc1c(C)nc(CC(=O)NC2CC2)n1-n1c(C)ccc(NS(=O)(=O)Cc2ccccc2)c1=O. The molecule has 2 amide bonds. The molecule has 1 aliphatic carbocycles. The van der Waals surface area contributed by atoms with Gasteiger partial charge in [0.1, 0.15) is 11.5 Å². The van der Waals surface area contributed by atoms with Crippen LogP contribution in [0.4, 0.5) is 5.69 Å². The Hall–Kier alpha value is -4.06. The fourth-order valence-corrected chi connectivity index (χ4v) is 5.15. The minimum absolute atomic E-state index is 0.134. The number of hydrogen-bond donors (Lipinski definition) is 2. The molecule has 0 atom stereocenters. The first-order chi connectivity index (χ1) is 17.6. The number of nitrogens with zero attached hydrogens (tertiary/aromatic N) is 4. The lowest BCUT2D eigenvalue weighted by molar-refractivity contribution is -0.120. The number of aliphatic imine (C=N–C) groups is 1. The third-order valence-electron chi connectivity index (χ3n) is 5.88. The van der Waals surface area contributed by atoms with Crippen LogP contribution in [-0.4, -0.2) is 47.3 Å². The zero-order valence-corrected chi connectivity index (χ0v) is 21.4. The maximum absolute atomic E-state index is 13.6. The zero-order valence-electron chi connectivity index (χ0n) is 20.6. The Morgan fingerprint density at radius 1 is 1.08 bits per heavy atom. The third kappa shape index (κ3) is 6.20. The molecule has 0 saturated heterocycles. The summed E-state index contributed by atoms with van der Waals surface area (Å²) < 4.78 is 30.7. The van der Waals surface area contributed by atoms with Crippen LogP contribution in [0, 0.1) is 13.8 Å². The third-order valence-corrected chi connectivity index (χ3v) is 7.13. The topological polar surface area (TPSA) is 145 Å². The van der Waals surface area contributed by atoms with E-state index in [-0.39, 0.29) is 42.1 Å². The van der Waals surface area contributed by atoms with E-state index >= 15 is 0 Å². The Labute approximate surface area is 214 Å². The van der Waals surface area contributed by atoms with Crippen molar-refractivity contribution < 1.29 is 18.0 Å². The molecule has 194 valence electrons. The fourth-order valence-electron chi connectivity index (χ4n) is 3.96. The van der Waals surface area contributed by atoms with E-state index in [1.807, 2.05) is 0 Å². The number of pyridine rings is 1. The van der Waals surface area contributed by atoms with E-state index in [4.69, 9.17) is 0 Å². The molecule has 2 N–H and O–H groups in total. The number of hydrogen-bond acceptors (Lipinski definition) is 6. The molecule has 1 fully saturated rings. The quantitative estimate of drug-likeness (QED) is 0.385. The van der Waals surface area contributed by atoms with Crippen molar-refractivity contribution in [3.05, 3.63) is 81.3 Å². The van der Waals surface area contributed by atoms with E-state index in [2.05, 4.69) is 26.7 Å². The van der Waals surface area contributed by atoms with Gasteiger partial charge >= 0.3 is 0 Å². The number of carbonyl (C=O) groups excluding carboxylic acids is 2. The van der Waals surface area contributed by atoms with Crippen molar-refractivity contribution in [2.45, 2.75) is 51.3 Å². The van der Waals surface area contributed by atoms with Gasteiger partial charge in [-0.15, -0.1) is 0 Å². The lowest BCUT2D eigenvalue weighted by Crippen LogP contribution is -2.35. The number of imidazole rings is 1. The van der Waals surface area contributed by atoms with Gasteiger partial charge in [-0.3, -0.25) is 19.1 Å². The van der Waals surface area contributed by atoms with Crippen LogP contribution in [0.15, 0.2) is 52.3 Å². The first kappa shape index (κ1) is 26.0. The van der Waals surface area contributed by atoms with Crippen molar-refractivity contribution in [2.24, 2.45) is 4.99 Å². The minimum atomic E-state index is -3.92. The maximum atomic E-state index is 13.6. The first-order valence-electron chi connectivity index (χ1n) is 11.7. The van der Waals surface area contributed by atoms with Crippen LogP contribution in [0.25, 0.3) is 0 Å². The van der Waals surface area contributed by atoms with Crippen molar-refractivity contribution in [1.82, 2.24) is 19.7 Å². The normalized spacial score (nSPS) is 13.2. The number of benzene rings is 1. The Kier molecular flexibility index (Phi) is 7.39. The van der Waals surface area contributed by atoms with Gasteiger partial charge in [-0.2, -0.15) is 0 Å². The van der Waals surface area contributed by atoms with Crippen LogP contribution in [0.1, 0.15) is 41.3 Å². The van der Waals surface area contributed by atoms with Gasteiger partial charge in [0.2, 0.25) is 15.9 Å². The van der Waals surface area contributed by atoms with Crippen molar-refractivity contribution in [1.29, 1.82) is 0 Å². The van der Waals surface area contributed by atoms with E-state index in [1.165, 1.54) is 15.4 Å². The molecule has 0 radical (unpaired) electrons. The van der Waals surface area contributed by atoms with Crippen LogP contribution in [0.5, 0.6) is 0 Å². The molecule has 1 saturated carbocycles. The van der Waals surface area contributed by atoms with E-state index in [1.54, 1.807) is 50.2 Å². The van der Waals surface area contributed by atoms with Crippen LogP contribution in [-0.2, 0) is 38.2 Å². The summed E-state index contributed by atoms with van der Waals surface area (Å²) in [5.41, 5.74) is 0.930. The van der Waals surface area contributed by atoms with Crippen LogP contribution in [0.3, 0.4) is 0 Å². The molecule has 1 aliphatic rings. The highest BCUT2D eigenvalue weighted by atomic mass is 32.2.